The van der Waals surface area contributed by atoms with E-state index in [1.165, 1.54) is 4.90 Å². The fourth-order valence-corrected chi connectivity index (χ4v) is 2.21. The van der Waals surface area contributed by atoms with Crippen LogP contribution < -0.4 is 21.2 Å². The van der Waals surface area contributed by atoms with Gasteiger partial charge in [0.05, 0.1) is 12.2 Å². The molecule has 1 heterocycles. The Morgan fingerprint density at radius 1 is 1.58 bits per heavy atom. The number of rotatable bonds is 2. The molecule has 0 fully saturated rings. The van der Waals surface area contributed by atoms with Gasteiger partial charge in [0.2, 0.25) is 0 Å². The van der Waals surface area contributed by atoms with Crippen LogP contribution in [0.4, 0.5) is 5.69 Å². The molecule has 19 heavy (non-hydrogen) atoms. The maximum absolute atomic E-state index is 12.0. The molecule has 7 heteroatoms. The lowest BCUT2D eigenvalue weighted by atomic mass is 10.1. The highest BCUT2D eigenvalue weighted by molar-refractivity contribution is 6.32. The minimum Gasteiger partial charge on any atom is -0.482 e. The smallest absolute Gasteiger partial charge is 0.265 e. The van der Waals surface area contributed by atoms with Crippen molar-refractivity contribution in [1.82, 2.24) is 0 Å². The van der Waals surface area contributed by atoms with E-state index in [0.717, 1.165) is 11.1 Å². The summed E-state index contributed by atoms with van der Waals surface area (Å²) < 4.78 is 5.44. The van der Waals surface area contributed by atoms with E-state index < -0.39 is 0 Å². The highest BCUT2D eigenvalue weighted by Gasteiger charge is 2.29. The van der Waals surface area contributed by atoms with Crippen LogP contribution >= 0.6 is 11.6 Å². The SMILES string of the molecule is Cc1cc2c(c(C)c1Cl)N(C/C(N)=N/N)C(=O)CO2. The third-order valence-corrected chi connectivity index (χ3v) is 3.60. The Morgan fingerprint density at radius 2 is 2.26 bits per heavy atom. The lowest BCUT2D eigenvalue weighted by molar-refractivity contribution is -0.121. The third-order valence-electron chi connectivity index (χ3n) is 3.02. The second kappa shape index (κ2) is 4.97. The number of anilines is 1. The number of hydrazone groups is 1. The van der Waals surface area contributed by atoms with E-state index in [9.17, 15) is 4.79 Å². The number of hydrogen-bond acceptors (Lipinski definition) is 4. The summed E-state index contributed by atoms with van der Waals surface area (Å²) in [5.41, 5.74) is 7.89. The molecule has 0 aliphatic carbocycles. The number of amides is 1. The summed E-state index contributed by atoms with van der Waals surface area (Å²) >= 11 is 6.22. The molecule has 2 rings (SSSR count). The van der Waals surface area contributed by atoms with Gasteiger partial charge in [-0.3, -0.25) is 9.69 Å². The van der Waals surface area contributed by atoms with Crippen LogP contribution in [0.3, 0.4) is 0 Å². The molecular weight excluding hydrogens is 268 g/mol. The topological polar surface area (TPSA) is 93.9 Å². The van der Waals surface area contributed by atoms with Gasteiger partial charge >= 0.3 is 0 Å². The van der Waals surface area contributed by atoms with E-state index >= 15 is 0 Å². The molecule has 0 aromatic heterocycles. The highest BCUT2D eigenvalue weighted by atomic mass is 35.5. The molecule has 0 saturated heterocycles. The van der Waals surface area contributed by atoms with Crippen LogP contribution in [0.5, 0.6) is 5.75 Å². The molecule has 102 valence electrons. The number of hydrogen-bond donors (Lipinski definition) is 2. The Morgan fingerprint density at radius 3 is 2.89 bits per heavy atom. The summed E-state index contributed by atoms with van der Waals surface area (Å²) in [6.07, 6.45) is 0. The Bertz CT molecular complexity index is 571. The molecule has 0 saturated carbocycles. The van der Waals surface area contributed by atoms with E-state index in [1.807, 2.05) is 13.8 Å². The van der Waals surface area contributed by atoms with Gasteiger partial charge in [-0.15, -0.1) is 0 Å². The van der Waals surface area contributed by atoms with Crippen molar-refractivity contribution in [3.05, 3.63) is 22.2 Å². The van der Waals surface area contributed by atoms with Crippen molar-refractivity contribution < 1.29 is 9.53 Å². The van der Waals surface area contributed by atoms with Gasteiger partial charge in [-0.1, -0.05) is 11.6 Å². The van der Waals surface area contributed by atoms with Crippen molar-refractivity contribution in [1.29, 1.82) is 0 Å². The fourth-order valence-electron chi connectivity index (χ4n) is 2.07. The predicted molar refractivity (Wildman–Crippen MR) is 74.6 cm³/mol. The molecule has 0 radical (unpaired) electrons. The maximum atomic E-state index is 12.0. The minimum absolute atomic E-state index is 0.0363. The molecule has 1 amide bonds. The van der Waals surface area contributed by atoms with Crippen LogP contribution in [-0.4, -0.2) is 24.9 Å². The van der Waals surface area contributed by atoms with E-state index in [4.69, 9.17) is 27.9 Å². The lowest BCUT2D eigenvalue weighted by Crippen LogP contribution is -2.44. The Balaban J connectivity index is 2.55. The van der Waals surface area contributed by atoms with Gasteiger partial charge < -0.3 is 16.3 Å². The number of fused-ring (bicyclic) bond motifs is 1. The number of nitrogens with zero attached hydrogens (tertiary/aromatic N) is 2. The third kappa shape index (κ3) is 2.31. The van der Waals surface area contributed by atoms with E-state index in [-0.39, 0.29) is 24.9 Å². The summed E-state index contributed by atoms with van der Waals surface area (Å²) in [6.45, 7) is 3.80. The first kappa shape index (κ1) is 13.5. The Hall–Kier alpha value is -1.95. The molecule has 0 spiro atoms. The molecular formula is C12H15ClN4O2. The van der Waals surface area contributed by atoms with Crippen LogP contribution in [-0.2, 0) is 4.79 Å². The standard InChI is InChI=1S/C12H15ClN4O2/c1-6-3-8-12(7(2)11(6)13)17(4-9(14)16-15)10(18)5-19-8/h3H,4-5,15H2,1-2H3,(H2,14,16). The van der Waals surface area contributed by atoms with Crippen molar-refractivity contribution in [2.24, 2.45) is 16.7 Å². The largest absolute Gasteiger partial charge is 0.482 e. The minimum atomic E-state index is -0.206. The van der Waals surface area contributed by atoms with E-state index in [2.05, 4.69) is 5.10 Å². The van der Waals surface area contributed by atoms with Gasteiger partial charge in [-0.05, 0) is 31.0 Å². The van der Waals surface area contributed by atoms with Crippen molar-refractivity contribution in [2.45, 2.75) is 13.8 Å². The maximum Gasteiger partial charge on any atom is 0.265 e. The molecule has 0 atom stereocenters. The summed E-state index contributed by atoms with van der Waals surface area (Å²) in [7, 11) is 0. The van der Waals surface area contributed by atoms with Gasteiger partial charge in [0, 0.05) is 5.02 Å². The number of aryl methyl sites for hydroxylation is 1. The van der Waals surface area contributed by atoms with Crippen molar-refractivity contribution >= 4 is 29.0 Å². The predicted octanol–water partition coefficient (Wildman–Crippen LogP) is 0.913. The summed E-state index contributed by atoms with van der Waals surface area (Å²) in [4.78, 5) is 13.5. The average Bonchev–Trinajstić information content (AvgIpc) is 2.39. The molecule has 1 aliphatic heterocycles. The fraction of sp³-hybridized carbons (Fsp3) is 0.333. The first-order valence-corrected chi connectivity index (χ1v) is 6.08. The Labute approximate surface area is 115 Å². The lowest BCUT2D eigenvalue weighted by Gasteiger charge is -2.31. The molecule has 1 aromatic carbocycles. The van der Waals surface area contributed by atoms with E-state index in [0.29, 0.717) is 16.5 Å². The van der Waals surface area contributed by atoms with Crippen LogP contribution in [0.1, 0.15) is 11.1 Å². The number of amidine groups is 1. The molecule has 6 nitrogen and oxygen atoms in total. The quantitative estimate of drug-likeness (QED) is 0.365. The molecule has 1 aromatic rings. The number of carbonyl (C=O) groups is 1. The van der Waals surface area contributed by atoms with Gasteiger partial charge in [0.25, 0.3) is 5.91 Å². The van der Waals surface area contributed by atoms with Gasteiger partial charge in [-0.2, -0.15) is 5.10 Å². The second-order valence-electron chi connectivity index (χ2n) is 4.37. The zero-order valence-corrected chi connectivity index (χ0v) is 11.5. The normalized spacial score (nSPS) is 15.2. The number of carbonyl (C=O) groups excluding carboxylic acids is 1. The Kier molecular flexibility index (Phi) is 3.53. The van der Waals surface area contributed by atoms with Gasteiger partial charge in [0.1, 0.15) is 11.6 Å². The van der Waals surface area contributed by atoms with Gasteiger partial charge in [0.15, 0.2) is 6.61 Å². The molecule has 4 N–H and O–H groups in total. The molecule has 0 unspecified atom stereocenters. The second-order valence-corrected chi connectivity index (χ2v) is 4.75. The van der Waals surface area contributed by atoms with Crippen LogP contribution in [0.25, 0.3) is 0 Å². The van der Waals surface area contributed by atoms with Crippen molar-refractivity contribution in [2.75, 3.05) is 18.1 Å². The number of ether oxygens (including phenoxy) is 1. The average molecular weight is 283 g/mol. The molecule has 1 aliphatic rings. The zero-order chi connectivity index (χ0) is 14.2. The molecule has 0 bridgehead atoms. The number of nitrogens with two attached hydrogens (primary N) is 2. The van der Waals surface area contributed by atoms with Crippen LogP contribution in [0.2, 0.25) is 5.02 Å². The summed E-state index contributed by atoms with van der Waals surface area (Å²) in [5.74, 6) is 5.69. The number of halogens is 1. The summed E-state index contributed by atoms with van der Waals surface area (Å²) in [6, 6.07) is 1.81. The van der Waals surface area contributed by atoms with Crippen molar-refractivity contribution in [3.63, 3.8) is 0 Å². The zero-order valence-electron chi connectivity index (χ0n) is 10.7. The van der Waals surface area contributed by atoms with Crippen LogP contribution in [0.15, 0.2) is 11.2 Å². The summed E-state index contributed by atoms with van der Waals surface area (Å²) in [5, 5.41) is 3.99. The van der Waals surface area contributed by atoms with Crippen molar-refractivity contribution in [3.8, 4) is 5.75 Å². The monoisotopic (exact) mass is 282 g/mol. The van der Waals surface area contributed by atoms with E-state index in [1.54, 1.807) is 6.07 Å². The number of benzene rings is 1. The first-order chi connectivity index (χ1) is 8.95. The van der Waals surface area contributed by atoms with Gasteiger partial charge in [-0.25, -0.2) is 0 Å². The van der Waals surface area contributed by atoms with Crippen LogP contribution in [0, 0.1) is 13.8 Å². The highest BCUT2D eigenvalue weighted by Crippen LogP contribution is 2.40. The first-order valence-electron chi connectivity index (χ1n) is 5.70.